The Morgan fingerprint density at radius 3 is 2.41 bits per heavy atom. The van der Waals surface area contributed by atoms with Crippen molar-refractivity contribution in [1.29, 1.82) is 0 Å². The zero-order valence-electron chi connectivity index (χ0n) is 20.0. The number of ether oxygens (including phenoxy) is 1. The van der Waals surface area contributed by atoms with Crippen LogP contribution in [0.1, 0.15) is 37.6 Å². The molecule has 34 heavy (non-hydrogen) atoms. The van der Waals surface area contributed by atoms with Gasteiger partial charge >= 0.3 is 12.1 Å². The van der Waals surface area contributed by atoms with Gasteiger partial charge in [0.15, 0.2) is 0 Å². The molecular formula is C24H31F2N5O3. The summed E-state index contributed by atoms with van der Waals surface area (Å²) in [6.07, 6.45) is 1.13. The Kier molecular flexibility index (Phi) is 8.03. The Hall–Kier alpha value is -3.27. The average molecular weight is 476 g/mol. The number of aromatic nitrogens is 1. The van der Waals surface area contributed by atoms with Crippen molar-refractivity contribution in [2.75, 3.05) is 31.5 Å². The van der Waals surface area contributed by atoms with Gasteiger partial charge in [-0.25, -0.2) is 18.4 Å². The first-order valence-electron chi connectivity index (χ1n) is 11.2. The number of halogens is 2. The quantitative estimate of drug-likeness (QED) is 0.682. The number of carbonyl (C=O) groups excluding carboxylic acids is 2. The van der Waals surface area contributed by atoms with Crippen molar-refractivity contribution in [1.82, 2.24) is 20.1 Å². The smallest absolute Gasteiger partial charge is 0.410 e. The van der Waals surface area contributed by atoms with E-state index in [4.69, 9.17) is 4.74 Å². The molecule has 1 aliphatic rings. The zero-order valence-corrected chi connectivity index (χ0v) is 20.0. The Balaban J connectivity index is 1.55. The van der Waals surface area contributed by atoms with Gasteiger partial charge in [-0.05, 0) is 45.9 Å². The number of anilines is 1. The summed E-state index contributed by atoms with van der Waals surface area (Å²) in [7, 11) is 0. The maximum Gasteiger partial charge on any atom is 0.410 e. The predicted octanol–water partition coefficient (Wildman–Crippen LogP) is 4.04. The van der Waals surface area contributed by atoms with Crippen molar-refractivity contribution in [2.24, 2.45) is 0 Å². The predicted molar refractivity (Wildman–Crippen MR) is 124 cm³/mol. The maximum absolute atomic E-state index is 15.1. The summed E-state index contributed by atoms with van der Waals surface area (Å²) in [6.45, 7) is 9.22. The highest BCUT2D eigenvalue weighted by atomic mass is 19.1. The number of hydrogen-bond acceptors (Lipinski definition) is 5. The lowest BCUT2D eigenvalue weighted by Crippen LogP contribution is -2.49. The topological polar surface area (TPSA) is 86.8 Å². The number of piperazine rings is 1. The Bertz CT molecular complexity index is 1020. The maximum atomic E-state index is 15.1. The van der Waals surface area contributed by atoms with Crippen LogP contribution in [0.2, 0.25) is 0 Å². The Morgan fingerprint density at radius 1 is 1.09 bits per heavy atom. The van der Waals surface area contributed by atoms with E-state index < -0.39 is 23.3 Å². The van der Waals surface area contributed by atoms with Gasteiger partial charge in [0.25, 0.3) is 0 Å². The molecule has 0 saturated carbocycles. The monoisotopic (exact) mass is 475 g/mol. The third-order valence-corrected chi connectivity index (χ3v) is 5.28. The summed E-state index contributed by atoms with van der Waals surface area (Å²) >= 11 is 0. The van der Waals surface area contributed by atoms with Crippen molar-refractivity contribution in [3.05, 3.63) is 58.9 Å². The zero-order chi connectivity index (χ0) is 24.9. The van der Waals surface area contributed by atoms with Crippen molar-refractivity contribution in [2.45, 2.75) is 46.4 Å². The molecule has 0 bridgehead atoms. The molecule has 2 heterocycles. The van der Waals surface area contributed by atoms with E-state index in [1.165, 1.54) is 18.3 Å². The molecule has 0 radical (unpaired) electrons. The van der Waals surface area contributed by atoms with E-state index in [1.807, 2.05) is 32.6 Å². The van der Waals surface area contributed by atoms with E-state index in [0.717, 1.165) is 5.69 Å². The van der Waals surface area contributed by atoms with Crippen LogP contribution in [0.25, 0.3) is 0 Å². The minimum absolute atomic E-state index is 0.206. The van der Waals surface area contributed by atoms with E-state index in [-0.39, 0.29) is 24.7 Å². The van der Waals surface area contributed by atoms with Crippen LogP contribution < -0.4 is 10.6 Å². The summed E-state index contributed by atoms with van der Waals surface area (Å²) in [4.78, 5) is 32.0. The molecule has 0 spiro atoms. The largest absolute Gasteiger partial charge is 0.444 e. The van der Waals surface area contributed by atoms with Gasteiger partial charge < -0.3 is 20.3 Å². The van der Waals surface area contributed by atoms with Gasteiger partial charge in [0, 0.05) is 49.5 Å². The molecule has 1 aliphatic heterocycles. The van der Waals surface area contributed by atoms with E-state index in [2.05, 4.69) is 15.6 Å². The fourth-order valence-electron chi connectivity index (χ4n) is 3.47. The van der Waals surface area contributed by atoms with E-state index in [9.17, 15) is 14.0 Å². The van der Waals surface area contributed by atoms with Crippen LogP contribution in [0.4, 0.5) is 24.1 Å². The Labute approximate surface area is 198 Å². The fraction of sp³-hybridized carbons (Fsp3) is 0.458. The highest BCUT2D eigenvalue weighted by molar-refractivity contribution is 5.88. The molecule has 3 amide bonds. The SMILES string of the molecule is Cc1ccc(NC(=O)NCc2c(F)ccc(CN3CCN(C(=O)OC(C)(C)C)CC3)c2F)cn1. The molecular weight excluding hydrogens is 444 g/mol. The van der Waals surface area contributed by atoms with E-state index in [1.54, 1.807) is 17.0 Å². The third-order valence-electron chi connectivity index (χ3n) is 5.28. The second-order valence-electron chi connectivity index (χ2n) is 9.24. The highest BCUT2D eigenvalue weighted by Crippen LogP contribution is 2.20. The van der Waals surface area contributed by atoms with Crippen molar-refractivity contribution < 1.29 is 23.1 Å². The first-order chi connectivity index (χ1) is 16.0. The third kappa shape index (κ3) is 7.11. The summed E-state index contributed by atoms with van der Waals surface area (Å²) in [5.41, 5.74) is 0.833. The van der Waals surface area contributed by atoms with Gasteiger partial charge in [-0.15, -0.1) is 0 Å². The van der Waals surface area contributed by atoms with Crippen molar-refractivity contribution in [3.63, 3.8) is 0 Å². The van der Waals surface area contributed by atoms with Crippen molar-refractivity contribution in [3.8, 4) is 0 Å². The van der Waals surface area contributed by atoms with Gasteiger partial charge in [-0.2, -0.15) is 0 Å². The average Bonchev–Trinajstić information content (AvgIpc) is 2.76. The molecule has 3 rings (SSSR count). The summed E-state index contributed by atoms with van der Waals surface area (Å²) in [6, 6.07) is 5.45. The van der Waals surface area contributed by atoms with Gasteiger partial charge in [-0.1, -0.05) is 6.07 Å². The number of hydrogen-bond donors (Lipinski definition) is 2. The minimum Gasteiger partial charge on any atom is -0.444 e. The number of carbonyl (C=O) groups is 2. The molecule has 1 saturated heterocycles. The number of nitrogens with one attached hydrogen (secondary N) is 2. The number of benzene rings is 1. The van der Waals surface area contributed by atoms with Crippen molar-refractivity contribution >= 4 is 17.8 Å². The summed E-state index contributed by atoms with van der Waals surface area (Å²) in [5.74, 6) is -1.42. The summed E-state index contributed by atoms with van der Waals surface area (Å²) in [5, 5.41) is 5.06. The first kappa shape index (κ1) is 25.4. The number of nitrogens with zero attached hydrogens (tertiary/aromatic N) is 3. The minimum atomic E-state index is -0.728. The van der Waals surface area contributed by atoms with Gasteiger partial charge in [0.05, 0.1) is 18.4 Å². The van der Waals surface area contributed by atoms with E-state index in [0.29, 0.717) is 37.4 Å². The number of amides is 3. The van der Waals surface area contributed by atoms with Crippen LogP contribution in [-0.4, -0.2) is 58.7 Å². The Morgan fingerprint density at radius 2 is 1.79 bits per heavy atom. The highest BCUT2D eigenvalue weighted by Gasteiger charge is 2.26. The van der Waals surface area contributed by atoms with Crippen LogP contribution in [0, 0.1) is 18.6 Å². The molecule has 1 aromatic carbocycles. The standard InChI is InChI=1S/C24H31F2N5O3/c1-16-5-7-18(13-27-16)29-22(32)28-14-19-20(25)8-6-17(21(19)26)15-30-9-11-31(12-10-30)23(33)34-24(2,3)4/h5-8,13H,9-12,14-15H2,1-4H3,(H2,28,29,32). The number of pyridine rings is 1. The molecule has 184 valence electrons. The van der Waals surface area contributed by atoms with Gasteiger partial charge in [-0.3, -0.25) is 9.88 Å². The van der Waals surface area contributed by atoms with Crippen LogP contribution in [0.15, 0.2) is 30.5 Å². The molecule has 1 aromatic heterocycles. The fourth-order valence-corrected chi connectivity index (χ4v) is 3.47. The van der Waals surface area contributed by atoms with Crippen LogP contribution >= 0.6 is 0 Å². The van der Waals surface area contributed by atoms with Crippen LogP contribution in [0.3, 0.4) is 0 Å². The molecule has 1 fully saturated rings. The molecule has 0 unspecified atom stereocenters. The number of urea groups is 1. The molecule has 0 atom stereocenters. The molecule has 8 nitrogen and oxygen atoms in total. The molecule has 10 heteroatoms. The number of rotatable bonds is 5. The van der Waals surface area contributed by atoms with Gasteiger partial charge in [0.2, 0.25) is 0 Å². The van der Waals surface area contributed by atoms with E-state index >= 15 is 4.39 Å². The second kappa shape index (κ2) is 10.8. The van der Waals surface area contributed by atoms with Crippen LogP contribution in [0.5, 0.6) is 0 Å². The first-order valence-corrected chi connectivity index (χ1v) is 11.2. The second-order valence-corrected chi connectivity index (χ2v) is 9.24. The lowest BCUT2D eigenvalue weighted by atomic mass is 10.1. The lowest BCUT2D eigenvalue weighted by molar-refractivity contribution is 0.0138. The summed E-state index contributed by atoms with van der Waals surface area (Å²) < 4.78 is 34.8. The molecule has 2 N–H and O–H groups in total. The van der Waals surface area contributed by atoms with Gasteiger partial charge in [0.1, 0.15) is 17.2 Å². The molecule has 0 aliphatic carbocycles. The number of aryl methyl sites for hydroxylation is 1. The lowest BCUT2D eigenvalue weighted by Gasteiger charge is -2.35. The normalized spacial score (nSPS) is 14.6. The van der Waals surface area contributed by atoms with Crippen LogP contribution in [-0.2, 0) is 17.8 Å². The molecule has 2 aromatic rings.